The van der Waals surface area contributed by atoms with Crippen LogP contribution in [-0.4, -0.2) is 38.1 Å². The van der Waals surface area contributed by atoms with Gasteiger partial charge in [-0.05, 0) is 47.9 Å². The van der Waals surface area contributed by atoms with Crippen molar-refractivity contribution >= 4 is 28.9 Å². The predicted octanol–water partition coefficient (Wildman–Crippen LogP) is 2.62. The van der Waals surface area contributed by atoms with E-state index >= 15 is 0 Å². The van der Waals surface area contributed by atoms with Crippen LogP contribution in [0.25, 0.3) is 0 Å². The van der Waals surface area contributed by atoms with Gasteiger partial charge in [-0.1, -0.05) is 12.1 Å². The highest BCUT2D eigenvalue weighted by molar-refractivity contribution is 7.07. The first-order chi connectivity index (χ1) is 12.8. The summed E-state index contributed by atoms with van der Waals surface area (Å²) in [5.41, 5.74) is 2.06. The van der Waals surface area contributed by atoms with Crippen LogP contribution in [0.15, 0.2) is 46.1 Å². The molecule has 2 N–H and O–H groups in total. The molecule has 6 nitrogen and oxygen atoms in total. The molecule has 0 fully saturated rings. The van der Waals surface area contributed by atoms with Crippen LogP contribution < -0.4 is 20.3 Å². The number of rotatable bonds is 7. The van der Waals surface area contributed by atoms with E-state index in [9.17, 15) is 4.79 Å². The average molecular weight is 372 g/mol. The first-order valence-corrected chi connectivity index (χ1v) is 9.77. The van der Waals surface area contributed by atoms with Crippen LogP contribution in [0.3, 0.4) is 0 Å². The highest BCUT2D eigenvalue weighted by atomic mass is 32.1. The van der Waals surface area contributed by atoms with E-state index in [4.69, 9.17) is 4.74 Å². The highest BCUT2D eigenvalue weighted by Gasteiger charge is 2.24. The van der Waals surface area contributed by atoms with Gasteiger partial charge in [-0.25, -0.2) is 4.99 Å². The van der Waals surface area contributed by atoms with Gasteiger partial charge in [0.1, 0.15) is 5.75 Å². The van der Waals surface area contributed by atoms with E-state index in [2.05, 4.69) is 32.5 Å². The second-order valence-corrected chi connectivity index (χ2v) is 6.69. The fraction of sp³-hybridized carbons (Fsp3) is 0.368. The second-order valence-electron chi connectivity index (χ2n) is 5.91. The summed E-state index contributed by atoms with van der Waals surface area (Å²) in [6.07, 6.45) is 0.822. The third-order valence-corrected chi connectivity index (χ3v) is 4.74. The van der Waals surface area contributed by atoms with Gasteiger partial charge in [-0.15, -0.1) is 0 Å². The SMILES string of the molecule is CCNC(=NCc1ccsc1)NCCCN1C(=O)COc2ccccc21. The van der Waals surface area contributed by atoms with E-state index in [-0.39, 0.29) is 12.5 Å². The van der Waals surface area contributed by atoms with Gasteiger partial charge < -0.3 is 20.3 Å². The number of amides is 1. The molecular weight excluding hydrogens is 348 g/mol. The zero-order valence-corrected chi connectivity index (χ0v) is 15.7. The molecule has 138 valence electrons. The molecule has 1 amide bonds. The summed E-state index contributed by atoms with van der Waals surface area (Å²) in [7, 11) is 0. The third-order valence-electron chi connectivity index (χ3n) is 4.00. The van der Waals surface area contributed by atoms with Crippen molar-refractivity contribution in [1.29, 1.82) is 0 Å². The van der Waals surface area contributed by atoms with E-state index in [0.717, 1.165) is 36.9 Å². The van der Waals surface area contributed by atoms with Crippen molar-refractivity contribution in [3.05, 3.63) is 46.7 Å². The Morgan fingerprint density at radius 3 is 3.00 bits per heavy atom. The molecule has 0 atom stereocenters. The van der Waals surface area contributed by atoms with E-state index in [1.807, 2.05) is 31.2 Å². The number of thiophene rings is 1. The van der Waals surface area contributed by atoms with Gasteiger partial charge in [0.15, 0.2) is 12.6 Å². The molecule has 3 rings (SSSR count). The minimum absolute atomic E-state index is 0.00160. The number of anilines is 1. The first kappa shape index (κ1) is 18.3. The minimum Gasteiger partial charge on any atom is -0.482 e. The number of para-hydroxylation sites is 2. The Balaban J connectivity index is 1.50. The van der Waals surface area contributed by atoms with Crippen LogP contribution >= 0.6 is 11.3 Å². The lowest BCUT2D eigenvalue weighted by Crippen LogP contribution is -2.42. The van der Waals surface area contributed by atoms with Crippen molar-refractivity contribution in [2.75, 3.05) is 31.1 Å². The van der Waals surface area contributed by atoms with Gasteiger partial charge in [0.2, 0.25) is 0 Å². The van der Waals surface area contributed by atoms with Crippen molar-refractivity contribution in [1.82, 2.24) is 10.6 Å². The summed E-state index contributed by atoms with van der Waals surface area (Å²) in [6.45, 7) is 5.01. The van der Waals surface area contributed by atoms with Crippen LogP contribution in [-0.2, 0) is 11.3 Å². The van der Waals surface area contributed by atoms with Gasteiger partial charge >= 0.3 is 0 Å². The summed E-state index contributed by atoms with van der Waals surface area (Å²) in [5.74, 6) is 1.57. The Bertz CT molecular complexity index is 746. The molecule has 7 heteroatoms. The summed E-state index contributed by atoms with van der Waals surface area (Å²) < 4.78 is 5.47. The maximum atomic E-state index is 12.2. The zero-order chi connectivity index (χ0) is 18.2. The standard InChI is InChI=1S/C19H24N4O2S/c1-2-20-19(22-12-15-8-11-26-14-15)21-9-5-10-23-16-6-3-4-7-17(16)25-13-18(23)24/h3-4,6-8,11,14H,2,5,9-10,12-13H2,1H3,(H2,20,21,22). The van der Waals surface area contributed by atoms with Gasteiger partial charge in [-0.3, -0.25) is 4.79 Å². The smallest absolute Gasteiger partial charge is 0.265 e. The number of benzene rings is 1. The van der Waals surface area contributed by atoms with Crippen LogP contribution in [0.1, 0.15) is 18.9 Å². The summed E-state index contributed by atoms with van der Waals surface area (Å²) in [4.78, 5) is 18.6. The summed E-state index contributed by atoms with van der Waals surface area (Å²) >= 11 is 1.68. The number of carbonyl (C=O) groups is 1. The van der Waals surface area contributed by atoms with Gasteiger partial charge in [0, 0.05) is 19.6 Å². The minimum atomic E-state index is 0.00160. The Morgan fingerprint density at radius 1 is 1.31 bits per heavy atom. The van der Waals surface area contributed by atoms with Gasteiger partial charge in [0.05, 0.1) is 12.2 Å². The van der Waals surface area contributed by atoms with Crippen molar-refractivity contribution in [3.63, 3.8) is 0 Å². The fourth-order valence-corrected chi connectivity index (χ4v) is 3.40. The van der Waals surface area contributed by atoms with E-state index in [0.29, 0.717) is 13.1 Å². The molecule has 2 aromatic rings. The molecule has 1 aromatic carbocycles. The molecule has 0 bridgehead atoms. The van der Waals surface area contributed by atoms with Crippen molar-refractivity contribution < 1.29 is 9.53 Å². The number of nitrogens with zero attached hydrogens (tertiary/aromatic N) is 2. The van der Waals surface area contributed by atoms with Crippen molar-refractivity contribution in [2.24, 2.45) is 4.99 Å². The fourth-order valence-electron chi connectivity index (χ4n) is 2.74. The molecule has 0 saturated heterocycles. The van der Waals surface area contributed by atoms with Crippen LogP contribution in [0.5, 0.6) is 5.75 Å². The number of hydrogen-bond donors (Lipinski definition) is 2. The van der Waals surface area contributed by atoms with Crippen molar-refractivity contribution in [3.8, 4) is 5.75 Å². The quantitative estimate of drug-likeness (QED) is 0.445. The molecule has 26 heavy (non-hydrogen) atoms. The number of carbonyl (C=O) groups excluding carboxylic acids is 1. The molecule has 1 aliphatic rings. The predicted molar refractivity (Wildman–Crippen MR) is 106 cm³/mol. The molecule has 0 radical (unpaired) electrons. The Kier molecular flexibility index (Phi) is 6.49. The summed E-state index contributed by atoms with van der Waals surface area (Å²) in [5, 5.41) is 10.7. The Hall–Kier alpha value is -2.54. The average Bonchev–Trinajstić information content (AvgIpc) is 3.18. The molecule has 1 aromatic heterocycles. The van der Waals surface area contributed by atoms with E-state index in [1.165, 1.54) is 5.56 Å². The monoisotopic (exact) mass is 372 g/mol. The summed E-state index contributed by atoms with van der Waals surface area (Å²) in [6, 6.07) is 9.74. The molecule has 1 aliphatic heterocycles. The molecule has 0 aliphatic carbocycles. The molecular formula is C19H24N4O2S. The van der Waals surface area contributed by atoms with Crippen LogP contribution in [0.4, 0.5) is 5.69 Å². The largest absolute Gasteiger partial charge is 0.482 e. The van der Waals surface area contributed by atoms with E-state index in [1.54, 1.807) is 16.2 Å². The maximum Gasteiger partial charge on any atom is 0.265 e. The number of aliphatic imine (C=N–C) groups is 1. The lowest BCUT2D eigenvalue weighted by atomic mass is 10.2. The molecule has 0 saturated carbocycles. The number of hydrogen-bond acceptors (Lipinski definition) is 4. The molecule has 0 unspecified atom stereocenters. The van der Waals surface area contributed by atoms with Gasteiger partial charge in [0.25, 0.3) is 5.91 Å². The first-order valence-electron chi connectivity index (χ1n) is 8.83. The molecule has 2 heterocycles. The van der Waals surface area contributed by atoms with Crippen LogP contribution in [0, 0.1) is 0 Å². The number of nitrogens with one attached hydrogen (secondary N) is 2. The van der Waals surface area contributed by atoms with Gasteiger partial charge in [-0.2, -0.15) is 11.3 Å². The number of ether oxygens (including phenoxy) is 1. The second kappa shape index (κ2) is 9.24. The zero-order valence-electron chi connectivity index (χ0n) is 14.9. The van der Waals surface area contributed by atoms with Crippen molar-refractivity contribution in [2.45, 2.75) is 19.9 Å². The van der Waals surface area contributed by atoms with Crippen LogP contribution in [0.2, 0.25) is 0 Å². The number of guanidine groups is 1. The van der Waals surface area contributed by atoms with E-state index < -0.39 is 0 Å². The topological polar surface area (TPSA) is 66.0 Å². The lowest BCUT2D eigenvalue weighted by molar-refractivity contribution is -0.121. The normalized spacial score (nSPS) is 14.0. The Labute approximate surface area is 157 Å². The number of fused-ring (bicyclic) bond motifs is 1. The molecule has 0 spiro atoms. The lowest BCUT2D eigenvalue weighted by Gasteiger charge is -2.29. The Morgan fingerprint density at radius 2 is 2.19 bits per heavy atom. The maximum absolute atomic E-state index is 12.2. The third kappa shape index (κ3) is 4.76. The highest BCUT2D eigenvalue weighted by Crippen LogP contribution is 2.31.